The van der Waals surface area contributed by atoms with E-state index in [4.69, 9.17) is 5.11 Å². The van der Waals surface area contributed by atoms with Gasteiger partial charge in [-0.15, -0.1) is 0 Å². The third-order valence-electron chi connectivity index (χ3n) is 4.35. The number of rotatable bonds is 5. The Morgan fingerprint density at radius 1 is 1.33 bits per heavy atom. The van der Waals surface area contributed by atoms with E-state index < -0.39 is 5.97 Å². The molecule has 5 heteroatoms. The molecule has 112 valence electrons. The van der Waals surface area contributed by atoms with E-state index in [1.165, 1.54) is 0 Å². The number of nitrogens with zero attached hydrogens (tertiary/aromatic N) is 2. The van der Waals surface area contributed by atoms with Crippen molar-refractivity contribution in [2.45, 2.75) is 32.2 Å². The molecule has 0 saturated heterocycles. The van der Waals surface area contributed by atoms with Gasteiger partial charge in [0.2, 0.25) is 0 Å². The molecule has 0 aromatic carbocycles. The van der Waals surface area contributed by atoms with Crippen molar-refractivity contribution in [1.29, 1.82) is 0 Å². The number of carboxylic acids is 1. The molecule has 0 spiro atoms. The fourth-order valence-electron chi connectivity index (χ4n) is 3.09. The van der Waals surface area contributed by atoms with Gasteiger partial charge in [-0.25, -0.2) is 4.98 Å². The molecule has 0 radical (unpaired) electrons. The molecule has 0 aliphatic heterocycles. The number of carboxylic acid groups (broad SMARTS) is 1. The lowest BCUT2D eigenvalue weighted by Gasteiger charge is -2.26. The van der Waals surface area contributed by atoms with Crippen molar-refractivity contribution >= 4 is 11.6 Å². The first kappa shape index (κ1) is 14.1. The van der Waals surface area contributed by atoms with Crippen LogP contribution in [0.25, 0.3) is 5.65 Å². The van der Waals surface area contributed by atoms with Crippen LogP contribution in [0.2, 0.25) is 0 Å². The molecule has 2 aromatic rings. The zero-order valence-corrected chi connectivity index (χ0v) is 12.0. The van der Waals surface area contributed by atoms with Gasteiger partial charge in [-0.3, -0.25) is 4.79 Å². The lowest BCUT2D eigenvalue weighted by Crippen LogP contribution is -2.28. The Hall–Kier alpha value is -1.88. The maximum atomic E-state index is 10.9. The van der Waals surface area contributed by atoms with Gasteiger partial charge in [-0.1, -0.05) is 6.07 Å². The van der Waals surface area contributed by atoms with Gasteiger partial charge < -0.3 is 14.8 Å². The molecule has 0 unspecified atom stereocenters. The summed E-state index contributed by atoms with van der Waals surface area (Å²) in [4.78, 5) is 15.5. The Kier molecular flexibility index (Phi) is 4.20. The molecule has 1 aliphatic rings. The molecule has 3 rings (SSSR count). The first-order valence-corrected chi connectivity index (χ1v) is 7.58. The smallest absolute Gasteiger partial charge is 0.306 e. The van der Waals surface area contributed by atoms with E-state index in [2.05, 4.69) is 10.3 Å². The predicted octanol–water partition coefficient (Wildman–Crippen LogP) is 2.31. The molecule has 0 amide bonds. The summed E-state index contributed by atoms with van der Waals surface area (Å²) in [7, 11) is 0. The summed E-state index contributed by atoms with van der Waals surface area (Å²) < 4.78 is 2.02. The van der Waals surface area contributed by atoms with Crippen molar-refractivity contribution in [3.63, 3.8) is 0 Å². The van der Waals surface area contributed by atoms with Gasteiger partial charge in [-0.2, -0.15) is 0 Å². The fraction of sp³-hybridized carbons (Fsp3) is 0.500. The molecule has 1 saturated carbocycles. The summed E-state index contributed by atoms with van der Waals surface area (Å²) in [6.07, 6.45) is 7.69. The summed E-state index contributed by atoms with van der Waals surface area (Å²) in [5, 5.41) is 12.4. The topological polar surface area (TPSA) is 66.6 Å². The summed E-state index contributed by atoms with van der Waals surface area (Å²) in [5.41, 5.74) is 2.01. The third kappa shape index (κ3) is 3.42. The number of aliphatic carboxylic acids is 1. The Morgan fingerprint density at radius 2 is 2.14 bits per heavy atom. The highest BCUT2D eigenvalue weighted by Gasteiger charge is 2.25. The minimum atomic E-state index is -0.633. The van der Waals surface area contributed by atoms with Crippen LogP contribution in [0.5, 0.6) is 0 Å². The minimum Gasteiger partial charge on any atom is -0.481 e. The number of aromatic nitrogens is 2. The van der Waals surface area contributed by atoms with Crippen LogP contribution < -0.4 is 5.32 Å². The number of nitrogens with one attached hydrogen (secondary N) is 1. The number of fused-ring (bicyclic) bond motifs is 1. The Labute approximate surface area is 124 Å². The number of pyridine rings is 1. The van der Waals surface area contributed by atoms with Crippen LogP contribution in [-0.4, -0.2) is 27.0 Å². The van der Waals surface area contributed by atoms with E-state index in [1.54, 1.807) is 0 Å². The Morgan fingerprint density at radius 3 is 2.86 bits per heavy atom. The second-order valence-electron chi connectivity index (χ2n) is 5.89. The second kappa shape index (κ2) is 6.26. The van der Waals surface area contributed by atoms with Gasteiger partial charge in [-0.05, 0) is 50.3 Å². The highest BCUT2D eigenvalue weighted by atomic mass is 16.4. The first-order valence-electron chi connectivity index (χ1n) is 7.58. The molecule has 0 bridgehead atoms. The molecule has 2 N–H and O–H groups in total. The van der Waals surface area contributed by atoms with Gasteiger partial charge >= 0.3 is 5.97 Å². The van der Waals surface area contributed by atoms with Crippen LogP contribution in [0, 0.1) is 11.8 Å². The lowest BCUT2D eigenvalue weighted by atomic mass is 9.82. The molecule has 2 aromatic heterocycles. The fourth-order valence-corrected chi connectivity index (χ4v) is 3.09. The second-order valence-corrected chi connectivity index (χ2v) is 5.89. The predicted molar refractivity (Wildman–Crippen MR) is 80.0 cm³/mol. The SMILES string of the molecule is O=C(O)C1CCC(CNCc2cn3ccccc3n2)CC1. The number of imidazole rings is 1. The largest absolute Gasteiger partial charge is 0.481 e. The van der Waals surface area contributed by atoms with Crippen LogP contribution >= 0.6 is 0 Å². The Bertz CT molecular complexity index is 582. The van der Waals surface area contributed by atoms with Gasteiger partial charge in [0.1, 0.15) is 5.65 Å². The van der Waals surface area contributed by atoms with Crippen molar-refractivity contribution in [3.05, 3.63) is 36.3 Å². The molecule has 2 heterocycles. The van der Waals surface area contributed by atoms with Gasteiger partial charge in [0.05, 0.1) is 11.6 Å². The molecule has 1 fully saturated rings. The number of hydrogen-bond acceptors (Lipinski definition) is 3. The average Bonchev–Trinajstić information content (AvgIpc) is 2.90. The first-order chi connectivity index (χ1) is 10.2. The van der Waals surface area contributed by atoms with E-state index in [1.807, 2.05) is 35.0 Å². The van der Waals surface area contributed by atoms with Gasteiger partial charge in [0.15, 0.2) is 0 Å². The van der Waals surface area contributed by atoms with Crippen molar-refractivity contribution in [2.24, 2.45) is 11.8 Å². The monoisotopic (exact) mass is 287 g/mol. The van der Waals surface area contributed by atoms with E-state index >= 15 is 0 Å². The van der Waals surface area contributed by atoms with Crippen molar-refractivity contribution < 1.29 is 9.90 Å². The van der Waals surface area contributed by atoms with Gasteiger partial charge in [0.25, 0.3) is 0 Å². The molecule has 5 nitrogen and oxygen atoms in total. The maximum absolute atomic E-state index is 10.9. The third-order valence-corrected chi connectivity index (χ3v) is 4.35. The average molecular weight is 287 g/mol. The number of carbonyl (C=O) groups is 1. The Balaban J connectivity index is 1.45. The summed E-state index contributed by atoms with van der Waals surface area (Å²) in [6.45, 7) is 1.71. The van der Waals surface area contributed by atoms with Crippen LogP contribution in [-0.2, 0) is 11.3 Å². The van der Waals surface area contributed by atoms with Crippen LogP contribution in [0.1, 0.15) is 31.4 Å². The molecule has 1 aliphatic carbocycles. The highest BCUT2D eigenvalue weighted by molar-refractivity contribution is 5.69. The minimum absolute atomic E-state index is 0.125. The van der Waals surface area contributed by atoms with Crippen LogP contribution in [0.3, 0.4) is 0 Å². The quantitative estimate of drug-likeness (QED) is 0.885. The zero-order valence-electron chi connectivity index (χ0n) is 12.0. The highest BCUT2D eigenvalue weighted by Crippen LogP contribution is 2.28. The molecular weight excluding hydrogens is 266 g/mol. The standard InChI is InChI=1S/C16H21N3O2/c20-16(21)13-6-4-12(5-7-13)9-17-10-14-11-19-8-2-1-3-15(19)18-14/h1-3,8,11-13,17H,4-7,9-10H2,(H,20,21). The summed E-state index contributed by atoms with van der Waals surface area (Å²) in [6, 6.07) is 5.98. The lowest BCUT2D eigenvalue weighted by molar-refractivity contribution is -0.143. The van der Waals surface area contributed by atoms with Crippen molar-refractivity contribution in [2.75, 3.05) is 6.54 Å². The number of hydrogen-bond donors (Lipinski definition) is 2. The van der Waals surface area contributed by atoms with Gasteiger partial charge in [0, 0.05) is 18.9 Å². The maximum Gasteiger partial charge on any atom is 0.306 e. The van der Waals surface area contributed by atoms with E-state index in [-0.39, 0.29) is 5.92 Å². The van der Waals surface area contributed by atoms with E-state index in [0.29, 0.717) is 5.92 Å². The van der Waals surface area contributed by atoms with E-state index in [0.717, 1.165) is 50.1 Å². The van der Waals surface area contributed by atoms with Crippen molar-refractivity contribution in [1.82, 2.24) is 14.7 Å². The van der Waals surface area contributed by atoms with Crippen LogP contribution in [0.4, 0.5) is 0 Å². The van der Waals surface area contributed by atoms with Crippen LogP contribution in [0.15, 0.2) is 30.6 Å². The van der Waals surface area contributed by atoms with E-state index in [9.17, 15) is 4.79 Å². The van der Waals surface area contributed by atoms with Crippen molar-refractivity contribution in [3.8, 4) is 0 Å². The summed E-state index contributed by atoms with van der Waals surface area (Å²) in [5.74, 6) is -0.163. The molecule has 21 heavy (non-hydrogen) atoms. The molecular formula is C16H21N3O2. The molecule has 0 atom stereocenters. The summed E-state index contributed by atoms with van der Waals surface area (Å²) >= 11 is 0. The zero-order chi connectivity index (χ0) is 14.7. The normalized spacial score (nSPS) is 22.5.